The van der Waals surface area contributed by atoms with E-state index in [1.807, 2.05) is 0 Å². The highest BCUT2D eigenvalue weighted by Gasteiger charge is 2.28. The molecular weight excluding hydrogens is 213 g/mol. The predicted octanol–water partition coefficient (Wildman–Crippen LogP) is 1.01. The quantitative estimate of drug-likeness (QED) is 0.589. The first-order valence-electron chi connectivity index (χ1n) is 3.92. The summed E-state index contributed by atoms with van der Waals surface area (Å²) in [5.41, 5.74) is 2.58. The summed E-state index contributed by atoms with van der Waals surface area (Å²) in [5.74, 6) is 4.85. The average molecular weight is 222 g/mol. The minimum Gasteiger partial charge on any atom is -0.468 e. The number of nitrogens with one attached hydrogen (secondary N) is 1. The van der Waals surface area contributed by atoms with Crippen LogP contribution in [0.5, 0.6) is 5.88 Å². The van der Waals surface area contributed by atoms with Crippen LogP contribution in [0, 0.1) is 6.92 Å². The van der Waals surface area contributed by atoms with Crippen molar-refractivity contribution in [3.05, 3.63) is 11.8 Å². The van der Waals surface area contributed by atoms with Crippen molar-refractivity contribution in [1.82, 2.24) is 9.97 Å². The van der Waals surface area contributed by atoms with Crippen LogP contribution in [0.1, 0.15) is 5.69 Å². The minimum atomic E-state index is -4.39. The molecule has 0 fully saturated rings. The van der Waals surface area contributed by atoms with Gasteiger partial charge < -0.3 is 4.74 Å². The topological polar surface area (TPSA) is 73.1 Å². The third-order valence-electron chi connectivity index (χ3n) is 1.34. The summed E-state index contributed by atoms with van der Waals surface area (Å²) in [6, 6.07) is 1.28. The van der Waals surface area contributed by atoms with Gasteiger partial charge in [0.05, 0.1) is 0 Å². The minimum absolute atomic E-state index is 0.00664. The lowest BCUT2D eigenvalue weighted by molar-refractivity contribution is -0.154. The fourth-order valence-corrected chi connectivity index (χ4v) is 0.834. The Bertz CT molecular complexity index is 341. The highest BCUT2D eigenvalue weighted by molar-refractivity contribution is 5.28. The monoisotopic (exact) mass is 222 g/mol. The van der Waals surface area contributed by atoms with E-state index in [4.69, 9.17) is 5.84 Å². The number of nitrogens with zero attached hydrogens (tertiary/aromatic N) is 2. The van der Waals surface area contributed by atoms with E-state index >= 15 is 0 Å². The molecule has 0 aliphatic carbocycles. The second-order valence-corrected chi connectivity index (χ2v) is 2.72. The molecule has 0 saturated heterocycles. The Hall–Kier alpha value is -1.57. The van der Waals surface area contributed by atoms with Gasteiger partial charge in [-0.3, -0.25) is 5.43 Å². The van der Waals surface area contributed by atoms with Gasteiger partial charge in [-0.2, -0.15) is 18.2 Å². The van der Waals surface area contributed by atoms with Crippen molar-refractivity contribution in [2.45, 2.75) is 13.1 Å². The molecule has 15 heavy (non-hydrogen) atoms. The van der Waals surface area contributed by atoms with Gasteiger partial charge in [0.2, 0.25) is 11.8 Å². The summed E-state index contributed by atoms with van der Waals surface area (Å²) in [4.78, 5) is 7.37. The SMILES string of the molecule is Cc1cc(OCC(F)(F)F)nc(NN)n1. The number of anilines is 1. The largest absolute Gasteiger partial charge is 0.468 e. The number of aryl methyl sites for hydroxylation is 1. The van der Waals surface area contributed by atoms with Crippen LogP contribution in [-0.4, -0.2) is 22.8 Å². The molecule has 0 aliphatic rings. The maximum Gasteiger partial charge on any atom is 0.422 e. The van der Waals surface area contributed by atoms with E-state index < -0.39 is 12.8 Å². The molecule has 1 rings (SSSR count). The van der Waals surface area contributed by atoms with Crippen LogP contribution in [0.2, 0.25) is 0 Å². The van der Waals surface area contributed by atoms with E-state index in [1.165, 1.54) is 6.07 Å². The number of ether oxygens (including phenoxy) is 1. The van der Waals surface area contributed by atoms with E-state index in [2.05, 4.69) is 20.1 Å². The highest BCUT2D eigenvalue weighted by atomic mass is 19.4. The average Bonchev–Trinajstić information content (AvgIpc) is 2.13. The third-order valence-corrected chi connectivity index (χ3v) is 1.34. The van der Waals surface area contributed by atoms with Crippen molar-refractivity contribution < 1.29 is 17.9 Å². The number of hydrazine groups is 1. The number of alkyl halides is 3. The molecule has 8 heteroatoms. The van der Waals surface area contributed by atoms with Crippen LogP contribution in [-0.2, 0) is 0 Å². The molecule has 1 aromatic rings. The van der Waals surface area contributed by atoms with Crippen LogP contribution in [0.4, 0.5) is 19.1 Å². The normalized spacial score (nSPS) is 11.3. The van der Waals surface area contributed by atoms with Gasteiger partial charge in [0.15, 0.2) is 6.61 Å². The van der Waals surface area contributed by atoms with E-state index in [1.54, 1.807) is 6.92 Å². The van der Waals surface area contributed by atoms with Crippen LogP contribution < -0.4 is 16.0 Å². The van der Waals surface area contributed by atoms with E-state index in [-0.39, 0.29) is 11.8 Å². The molecule has 1 aromatic heterocycles. The second-order valence-electron chi connectivity index (χ2n) is 2.72. The Kier molecular flexibility index (Phi) is 3.30. The zero-order chi connectivity index (χ0) is 11.5. The Balaban J connectivity index is 2.73. The summed E-state index contributed by atoms with van der Waals surface area (Å²) in [7, 11) is 0. The zero-order valence-corrected chi connectivity index (χ0v) is 7.80. The van der Waals surface area contributed by atoms with Crippen molar-refractivity contribution in [3.8, 4) is 5.88 Å². The number of rotatable bonds is 3. The molecule has 0 unspecified atom stereocenters. The van der Waals surface area contributed by atoms with Gasteiger partial charge in [0, 0.05) is 11.8 Å². The molecule has 0 radical (unpaired) electrons. The molecule has 0 saturated carbocycles. The summed E-state index contributed by atoms with van der Waals surface area (Å²) in [6.45, 7) is 0.191. The Morgan fingerprint density at radius 2 is 2.13 bits per heavy atom. The van der Waals surface area contributed by atoms with Gasteiger partial charge in [-0.05, 0) is 6.92 Å². The maximum absolute atomic E-state index is 11.8. The molecule has 0 amide bonds. The van der Waals surface area contributed by atoms with Gasteiger partial charge in [-0.15, -0.1) is 0 Å². The van der Waals surface area contributed by atoms with Gasteiger partial charge >= 0.3 is 6.18 Å². The maximum atomic E-state index is 11.8. The first kappa shape index (κ1) is 11.5. The summed E-state index contributed by atoms with van der Waals surface area (Å²) < 4.78 is 39.9. The van der Waals surface area contributed by atoms with E-state index in [0.717, 1.165) is 0 Å². The number of nitrogens with two attached hydrogens (primary N) is 1. The molecular formula is C7H9F3N4O. The zero-order valence-electron chi connectivity index (χ0n) is 7.80. The lowest BCUT2D eigenvalue weighted by Crippen LogP contribution is -2.20. The first-order chi connectivity index (χ1) is 6.90. The predicted molar refractivity (Wildman–Crippen MR) is 46.1 cm³/mol. The molecule has 84 valence electrons. The lowest BCUT2D eigenvalue weighted by Gasteiger charge is -2.09. The lowest BCUT2D eigenvalue weighted by atomic mass is 10.4. The first-order valence-corrected chi connectivity index (χ1v) is 3.92. The number of hydrogen-bond acceptors (Lipinski definition) is 5. The fourth-order valence-electron chi connectivity index (χ4n) is 0.834. The van der Waals surface area contributed by atoms with Crippen LogP contribution >= 0.6 is 0 Å². The Morgan fingerprint density at radius 1 is 1.47 bits per heavy atom. The summed E-state index contributed by atoms with van der Waals surface area (Å²) in [5, 5.41) is 0. The standard InChI is InChI=1S/C7H9F3N4O/c1-4-2-5(13-6(12-4)14-11)15-3-7(8,9)10/h2H,3,11H2,1H3,(H,12,13,14). The Morgan fingerprint density at radius 3 is 2.67 bits per heavy atom. The molecule has 3 N–H and O–H groups in total. The number of hydrogen-bond donors (Lipinski definition) is 2. The van der Waals surface area contributed by atoms with Crippen molar-refractivity contribution in [2.24, 2.45) is 5.84 Å². The van der Waals surface area contributed by atoms with E-state index in [9.17, 15) is 13.2 Å². The molecule has 0 spiro atoms. The summed E-state index contributed by atoms with van der Waals surface area (Å²) >= 11 is 0. The van der Waals surface area contributed by atoms with Crippen LogP contribution in [0.3, 0.4) is 0 Å². The van der Waals surface area contributed by atoms with E-state index in [0.29, 0.717) is 5.69 Å². The van der Waals surface area contributed by atoms with Crippen molar-refractivity contribution in [1.29, 1.82) is 0 Å². The van der Waals surface area contributed by atoms with Gasteiger partial charge in [0.1, 0.15) is 0 Å². The molecule has 5 nitrogen and oxygen atoms in total. The third kappa shape index (κ3) is 3.98. The molecule has 0 aromatic carbocycles. The molecule has 0 bridgehead atoms. The number of aromatic nitrogens is 2. The van der Waals surface area contributed by atoms with Gasteiger partial charge in [-0.1, -0.05) is 0 Å². The highest BCUT2D eigenvalue weighted by Crippen LogP contribution is 2.18. The second kappa shape index (κ2) is 4.30. The van der Waals surface area contributed by atoms with Gasteiger partial charge in [-0.25, -0.2) is 10.8 Å². The van der Waals surface area contributed by atoms with Gasteiger partial charge in [0.25, 0.3) is 0 Å². The Labute approximate surface area is 83.4 Å². The summed E-state index contributed by atoms with van der Waals surface area (Å²) in [6.07, 6.45) is -4.39. The molecule has 0 aliphatic heterocycles. The van der Waals surface area contributed by atoms with Crippen molar-refractivity contribution >= 4 is 5.95 Å². The smallest absolute Gasteiger partial charge is 0.422 e. The fraction of sp³-hybridized carbons (Fsp3) is 0.429. The molecule has 0 atom stereocenters. The van der Waals surface area contributed by atoms with Crippen LogP contribution in [0.25, 0.3) is 0 Å². The number of halogens is 3. The molecule has 1 heterocycles. The van der Waals surface area contributed by atoms with Crippen molar-refractivity contribution in [2.75, 3.05) is 12.0 Å². The van der Waals surface area contributed by atoms with Crippen molar-refractivity contribution in [3.63, 3.8) is 0 Å². The number of nitrogen functional groups attached to an aromatic ring is 1. The van der Waals surface area contributed by atoms with Crippen LogP contribution in [0.15, 0.2) is 6.07 Å².